The number of rotatable bonds is 2. The molecule has 2 amide bonds. The molecule has 3 rings (SSSR count). The molecule has 0 saturated carbocycles. The second kappa shape index (κ2) is 6.52. The van der Waals surface area contributed by atoms with Gasteiger partial charge in [-0.3, -0.25) is 4.98 Å². The fourth-order valence-corrected chi connectivity index (χ4v) is 2.92. The third kappa shape index (κ3) is 3.35. The van der Waals surface area contributed by atoms with Crippen LogP contribution < -0.4 is 5.32 Å². The molecule has 1 fully saturated rings. The summed E-state index contributed by atoms with van der Waals surface area (Å²) in [7, 11) is 0. The molecule has 0 bridgehead atoms. The van der Waals surface area contributed by atoms with Crippen molar-refractivity contribution in [2.45, 2.75) is 25.5 Å². The number of carbonyl (C=O) groups is 1. The van der Waals surface area contributed by atoms with Crippen LogP contribution in [0.3, 0.4) is 0 Å². The van der Waals surface area contributed by atoms with Crippen LogP contribution in [0.25, 0.3) is 0 Å². The molecule has 1 saturated heterocycles. The molecule has 1 aromatic carbocycles. The molecule has 2 unspecified atom stereocenters. The summed E-state index contributed by atoms with van der Waals surface area (Å²) in [6, 6.07) is 5.24. The Hall–Kier alpha value is -2.54. The van der Waals surface area contributed by atoms with Crippen LogP contribution in [0.15, 0.2) is 36.5 Å². The third-order valence-electron chi connectivity index (χ3n) is 4.00. The number of aromatic nitrogens is 1. The summed E-state index contributed by atoms with van der Waals surface area (Å²) >= 11 is 0. The Kier molecular flexibility index (Phi) is 4.44. The van der Waals surface area contributed by atoms with Crippen molar-refractivity contribution in [3.05, 3.63) is 59.4 Å². The van der Waals surface area contributed by atoms with Gasteiger partial charge in [0, 0.05) is 29.7 Å². The van der Waals surface area contributed by atoms with Gasteiger partial charge in [0.2, 0.25) is 0 Å². The zero-order valence-corrected chi connectivity index (χ0v) is 13.0. The Morgan fingerprint density at radius 2 is 2.12 bits per heavy atom. The lowest BCUT2D eigenvalue weighted by atomic mass is 10.0. The van der Waals surface area contributed by atoms with Crippen LogP contribution in [0, 0.1) is 18.6 Å². The number of hydrogen-bond acceptors (Lipinski definition) is 3. The Morgan fingerprint density at radius 3 is 2.88 bits per heavy atom. The molecule has 0 radical (unpaired) electrons. The van der Waals surface area contributed by atoms with E-state index in [4.69, 9.17) is 0 Å². The lowest BCUT2D eigenvalue weighted by Crippen LogP contribution is -2.35. The number of pyridine rings is 1. The summed E-state index contributed by atoms with van der Waals surface area (Å²) in [5, 5.41) is 12.6. The van der Waals surface area contributed by atoms with Gasteiger partial charge in [0.15, 0.2) is 0 Å². The Labute approximate surface area is 137 Å². The highest BCUT2D eigenvalue weighted by Crippen LogP contribution is 2.34. The number of urea groups is 1. The lowest BCUT2D eigenvalue weighted by Gasteiger charge is -2.25. The predicted molar refractivity (Wildman–Crippen MR) is 84.4 cm³/mol. The van der Waals surface area contributed by atoms with E-state index in [1.807, 2.05) is 0 Å². The van der Waals surface area contributed by atoms with Gasteiger partial charge in [0.25, 0.3) is 0 Å². The Morgan fingerprint density at radius 1 is 1.33 bits per heavy atom. The predicted octanol–water partition coefficient (Wildman–Crippen LogP) is 3.01. The van der Waals surface area contributed by atoms with Gasteiger partial charge >= 0.3 is 6.03 Å². The number of β-amino-alcohol motifs (C(OH)–C–C–N with tert-alkyl or cyclic N) is 1. The maximum absolute atomic E-state index is 14.1. The second-order valence-corrected chi connectivity index (χ2v) is 5.84. The largest absolute Gasteiger partial charge is 0.391 e. The number of likely N-dealkylation sites (tertiary alicyclic amines) is 1. The number of aliphatic hydroxyl groups excluding tert-OH is 1. The van der Waals surface area contributed by atoms with Crippen LogP contribution >= 0.6 is 0 Å². The maximum atomic E-state index is 14.1. The van der Waals surface area contributed by atoms with Gasteiger partial charge in [0.05, 0.1) is 12.1 Å². The number of benzene rings is 1. The SMILES string of the molecule is Cc1cc(NC(=O)N2CC(O)CC2c2cc(F)ccc2F)ccn1. The molecule has 7 heteroatoms. The van der Waals surface area contributed by atoms with Gasteiger partial charge in [-0.05, 0) is 43.7 Å². The zero-order chi connectivity index (χ0) is 17.3. The van der Waals surface area contributed by atoms with Crippen molar-refractivity contribution in [2.24, 2.45) is 0 Å². The monoisotopic (exact) mass is 333 g/mol. The van der Waals surface area contributed by atoms with Crippen LogP contribution in [-0.2, 0) is 0 Å². The fourth-order valence-electron chi connectivity index (χ4n) is 2.92. The number of aliphatic hydroxyl groups is 1. The molecular weight excluding hydrogens is 316 g/mol. The lowest BCUT2D eigenvalue weighted by molar-refractivity contribution is 0.175. The van der Waals surface area contributed by atoms with Crippen molar-refractivity contribution in [1.82, 2.24) is 9.88 Å². The van der Waals surface area contributed by atoms with Gasteiger partial charge in [-0.15, -0.1) is 0 Å². The van der Waals surface area contributed by atoms with E-state index in [1.165, 1.54) is 4.90 Å². The minimum absolute atomic E-state index is 0.0521. The first-order valence-corrected chi connectivity index (χ1v) is 7.57. The highest BCUT2D eigenvalue weighted by atomic mass is 19.1. The van der Waals surface area contributed by atoms with Crippen LogP contribution in [0.5, 0.6) is 0 Å². The Bertz CT molecular complexity index is 769. The smallest absolute Gasteiger partial charge is 0.322 e. The van der Waals surface area contributed by atoms with E-state index in [2.05, 4.69) is 10.3 Å². The van der Waals surface area contributed by atoms with Gasteiger partial charge in [-0.25, -0.2) is 13.6 Å². The quantitative estimate of drug-likeness (QED) is 0.888. The molecule has 1 aliphatic rings. The highest BCUT2D eigenvalue weighted by molar-refractivity contribution is 5.89. The van der Waals surface area contributed by atoms with Crippen LogP contribution in [-0.4, -0.2) is 33.7 Å². The molecule has 2 heterocycles. The van der Waals surface area contributed by atoms with E-state index < -0.39 is 29.8 Å². The first-order valence-electron chi connectivity index (χ1n) is 7.57. The molecule has 1 aromatic heterocycles. The molecule has 0 aliphatic carbocycles. The van der Waals surface area contributed by atoms with Crippen molar-refractivity contribution in [3.63, 3.8) is 0 Å². The summed E-state index contributed by atoms with van der Waals surface area (Å²) in [5.74, 6) is -1.19. The minimum Gasteiger partial charge on any atom is -0.391 e. The number of hydrogen-bond donors (Lipinski definition) is 2. The summed E-state index contributed by atoms with van der Waals surface area (Å²) in [6.07, 6.45) is 0.930. The van der Waals surface area contributed by atoms with Crippen LogP contribution in [0.4, 0.5) is 19.3 Å². The summed E-state index contributed by atoms with van der Waals surface area (Å²) in [4.78, 5) is 17.9. The number of anilines is 1. The molecule has 2 atom stereocenters. The highest BCUT2D eigenvalue weighted by Gasteiger charge is 2.37. The molecule has 0 spiro atoms. The molecule has 1 aliphatic heterocycles. The first-order chi connectivity index (χ1) is 11.4. The minimum atomic E-state index is -0.789. The van der Waals surface area contributed by atoms with E-state index in [1.54, 1.807) is 25.3 Å². The van der Waals surface area contributed by atoms with Gasteiger partial charge in [-0.2, -0.15) is 0 Å². The number of amides is 2. The van der Waals surface area contributed by atoms with Crippen molar-refractivity contribution in [1.29, 1.82) is 0 Å². The number of carbonyl (C=O) groups excluding carboxylic acids is 1. The van der Waals surface area contributed by atoms with Crippen molar-refractivity contribution in [2.75, 3.05) is 11.9 Å². The number of halogens is 2. The second-order valence-electron chi connectivity index (χ2n) is 5.84. The van der Waals surface area contributed by atoms with Crippen molar-refractivity contribution >= 4 is 11.7 Å². The molecular formula is C17H17F2N3O2. The van der Waals surface area contributed by atoms with Crippen LogP contribution in [0.2, 0.25) is 0 Å². The fraction of sp³-hybridized carbons (Fsp3) is 0.294. The van der Waals surface area contributed by atoms with E-state index in [0.29, 0.717) is 5.69 Å². The van der Waals surface area contributed by atoms with E-state index >= 15 is 0 Å². The van der Waals surface area contributed by atoms with E-state index in [9.17, 15) is 18.7 Å². The van der Waals surface area contributed by atoms with Crippen molar-refractivity contribution in [3.8, 4) is 0 Å². The van der Waals surface area contributed by atoms with Crippen molar-refractivity contribution < 1.29 is 18.7 Å². The van der Waals surface area contributed by atoms with E-state index in [-0.39, 0.29) is 18.5 Å². The first kappa shape index (κ1) is 16.3. The number of nitrogens with zero attached hydrogens (tertiary/aromatic N) is 2. The molecule has 5 nitrogen and oxygen atoms in total. The third-order valence-corrected chi connectivity index (χ3v) is 4.00. The zero-order valence-electron chi connectivity index (χ0n) is 13.0. The van der Waals surface area contributed by atoms with E-state index in [0.717, 1.165) is 23.9 Å². The average Bonchev–Trinajstić information content (AvgIpc) is 2.91. The number of nitrogens with one attached hydrogen (secondary N) is 1. The van der Waals surface area contributed by atoms with Gasteiger partial charge in [-0.1, -0.05) is 0 Å². The average molecular weight is 333 g/mol. The standard InChI is InChI=1S/C17H17F2N3O2/c1-10-6-12(4-5-20-10)21-17(24)22-9-13(23)8-16(22)14-7-11(18)2-3-15(14)19/h2-7,13,16,23H,8-9H2,1H3,(H,20,21,24). The van der Waals surface area contributed by atoms with Crippen LogP contribution in [0.1, 0.15) is 23.7 Å². The Balaban J connectivity index is 1.85. The molecule has 2 N–H and O–H groups in total. The summed E-state index contributed by atoms with van der Waals surface area (Å²) in [5.41, 5.74) is 1.35. The molecule has 2 aromatic rings. The summed E-state index contributed by atoms with van der Waals surface area (Å²) in [6.45, 7) is 1.84. The van der Waals surface area contributed by atoms with Gasteiger partial charge < -0.3 is 15.3 Å². The molecule has 24 heavy (non-hydrogen) atoms. The summed E-state index contributed by atoms with van der Waals surface area (Å²) < 4.78 is 27.5. The molecule has 126 valence electrons. The normalized spacial score (nSPS) is 20.2. The topological polar surface area (TPSA) is 65.5 Å². The van der Waals surface area contributed by atoms with Gasteiger partial charge in [0.1, 0.15) is 11.6 Å². The maximum Gasteiger partial charge on any atom is 0.322 e. The number of aryl methyl sites for hydroxylation is 1.